The zero-order valence-corrected chi connectivity index (χ0v) is 30.5. The van der Waals surface area contributed by atoms with E-state index in [-0.39, 0.29) is 44.7 Å². The van der Waals surface area contributed by atoms with E-state index in [0.717, 1.165) is 11.1 Å². The minimum Gasteiger partial charge on any atom is -0.489 e. The van der Waals surface area contributed by atoms with Crippen molar-refractivity contribution < 1.29 is 37.4 Å². The normalized spacial score (nSPS) is 14.6. The summed E-state index contributed by atoms with van der Waals surface area (Å²) in [6, 6.07) is 21.8. The smallest absolute Gasteiger partial charge is 0.383 e. The van der Waals surface area contributed by atoms with E-state index >= 15 is 8.78 Å². The Hall–Kier alpha value is -5.30. The minimum absolute atomic E-state index is 0.0619. The van der Waals surface area contributed by atoms with Gasteiger partial charge in [0.1, 0.15) is 18.4 Å². The first-order valence-electron chi connectivity index (χ1n) is 17.6. The van der Waals surface area contributed by atoms with E-state index in [4.69, 9.17) is 15.2 Å². The number of benzene rings is 3. The Morgan fingerprint density at radius 1 is 0.792 bits per heavy atom. The highest BCUT2D eigenvalue weighted by molar-refractivity contribution is 6.10. The van der Waals surface area contributed by atoms with Gasteiger partial charge in [0.2, 0.25) is 17.6 Å². The zero-order chi connectivity index (χ0) is 38.5. The van der Waals surface area contributed by atoms with E-state index in [1.54, 1.807) is 74.2 Å². The Balaban J connectivity index is 1.51. The van der Waals surface area contributed by atoms with Gasteiger partial charge in [0.05, 0.1) is 38.5 Å². The summed E-state index contributed by atoms with van der Waals surface area (Å²) in [6.45, 7) is 7.56. The summed E-state index contributed by atoms with van der Waals surface area (Å²) >= 11 is 0. The molecule has 0 spiro atoms. The van der Waals surface area contributed by atoms with Crippen molar-refractivity contribution in [1.29, 1.82) is 0 Å². The molecule has 53 heavy (non-hydrogen) atoms. The summed E-state index contributed by atoms with van der Waals surface area (Å²) in [5, 5.41) is 4.85. The molecule has 3 amide bonds. The molecule has 4 N–H and O–H groups in total. The van der Waals surface area contributed by atoms with Crippen molar-refractivity contribution in [2.24, 2.45) is 17.6 Å². The Morgan fingerprint density at radius 2 is 1.40 bits per heavy atom. The summed E-state index contributed by atoms with van der Waals surface area (Å²) in [7, 11) is 0. The van der Waals surface area contributed by atoms with Gasteiger partial charge in [-0.25, -0.2) is 0 Å². The Kier molecular flexibility index (Phi) is 14.5. The molecule has 284 valence electrons. The Labute approximate surface area is 309 Å². The van der Waals surface area contributed by atoms with Gasteiger partial charge in [-0.15, -0.1) is 0 Å². The number of nitrogens with two attached hydrogens (primary N) is 1. The third-order valence-corrected chi connectivity index (χ3v) is 8.80. The van der Waals surface area contributed by atoms with Crippen LogP contribution in [0.4, 0.5) is 8.78 Å². The number of Topliss-reactive ketones (excluding diaryl/α,β-unsaturated/α-hetero) is 1. The largest absolute Gasteiger partial charge is 0.489 e. The lowest BCUT2D eigenvalue weighted by Gasteiger charge is -2.33. The molecule has 1 heterocycles. The molecule has 4 rings (SSSR count). The molecule has 0 bridgehead atoms. The maximum absolute atomic E-state index is 15.9. The van der Waals surface area contributed by atoms with Gasteiger partial charge in [-0.05, 0) is 40.7 Å². The molecule has 0 fully saturated rings. The quantitative estimate of drug-likeness (QED) is 0.145. The van der Waals surface area contributed by atoms with Crippen molar-refractivity contribution in [2.75, 3.05) is 19.8 Å². The van der Waals surface area contributed by atoms with E-state index in [9.17, 15) is 19.2 Å². The number of ether oxygens (including phenoxy) is 2. The van der Waals surface area contributed by atoms with Crippen molar-refractivity contribution >= 4 is 23.5 Å². The monoisotopic (exact) mass is 733 g/mol. The molecule has 13 heteroatoms. The SMILES string of the molecule is CC(C)C(COCc1ccccc1)NC(=O)C(F)(F)C(=O)C(Cc1ccc(OCc2ccccc2)cc1)NC(=O)C(C(C)C)N1C=CN(CC(N)=O)C1. The first-order valence-corrected chi connectivity index (χ1v) is 17.6. The maximum Gasteiger partial charge on any atom is 0.383 e. The molecule has 1 aliphatic rings. The minimum atomic E-state index is -4.50. The highest BCUT2D eigenvalue weighted by Gasteiger charge is 2.51. The number of hydrogen-bond donors (Lipinski definition) is 3. The number of carbonyl (C=O) groups excluding carboxylic acids is 4. The van der Waals surface area contributed by atoms with Crippen LogP contribution < -0.4 is 21.1 Å². The number of rotatable bonds is 20. The second kappa shape index (κ2) is 19.0. The molecule has 0 radical (unpaired) electrons. The topological polar surface area (TPSA) is 143 Å². The number of nitrogens with zero attached hydrogens (tertiary/aromatic N) is 2. The van der Waals surface area contributed by atoms with Gasteiger partial charge < -0.3 is 35.6 Å². The van der Waals surface area contributed by atoms with Crippen LogP contribution in [-0.4, -0.2) is 77.2 Å². The maximum atomic E-state index is 15.9. The number of carbonyl (C=O) groups is 4. The van der Waals surface area contributed by atoms with Gasteiger partial charge in [-0.2, -0.15) is 8.78 Å². The third kappa shape index (κ3) is 11.9. The van der Waals surface area contributed by atoms with Crippen LogP contribution in [0.15, 0.2) is 97.3 Å². The van der Waals surface area contributed by atoms with Crippen LogP contribution in [0.2, 0.25) is 0 Å². The number of alkyl halides is 2. The number of amides is 3. The lowest BCUT2D eigenvalue weighted by Crippen LogP contribution is -2.60. The standard InChI is InChI=1S/C40H49F2N5O6/c1-27(2)34(25-52-23-30-11-7-5-8-12-30)45-39(51)40(41,42)37(49)33(21-29-15-17-32(18-16-29)53-24-31-13-9-6-10-14-31)44-38(50)36(28(3)4)47-20-19-46(26-47)22-35(43)48/h5-20,27-28,33-34,36H,21-26H2,1-4H3,(H2,43,48)(H,44,50)(H,45,51). The predicted molar refractivity (Wildman–Crippen MR) is 196 cm³/mol. The van der Waals surface area contributed by atoms with Crippen LogP contribution in [0.1, 0.15) is 44.4 Å². The number of halogens is 2. The highest BCUT2D eigenvalue weighted by atomic mass is 19.3. The van der Waals surface area contributed by atoms with Crippen molar-refractivity contribution in [3.63, 3.8) is 0 Å². The fourth-order valence-corrected chi connectivity index (χ4v) is 5.84. The number of primary amides is 1. The average molecular weight is 734 g/mol. The highest BCUT2D eigenvalue weighted by Crippen LogP contribution is 2.24. The number of hydrogen-bond acceptors (Lipinski definition) is 8. The summed E-state index contributed by atoms with van der Waals surface area (Å²) in [5.74, 6) is -9.41. The van der Waals surface area contributed by atoms with Crippen LogP contribution >= 0.6 is 0 Å². The van der Waals surface area contributed by atoms with Crippen molar-refractivity contribution in [1.82, 2.24) is 20.4 Å². The molecule has 1 aliphatic heterocycles. The van der Waals surface area contributed by atoms with E-state index in [2.05, 4.69) is 10.6 Å². The molecule has 11 nitrogen and oxygen atoms in total. The number of ketones is 1. The number of nitrogens with one attached hydrogen (secondary N) is 2. The van der Waals surface area contributed by atoms with Gasteiger partial charge in [0, 0.05) is 18.8 Å². The molecule has 3 atom stereocenters. The first-order chi connectivity index (χ1) is 25.2. The van der Waals surface area contributed by atoms with Gasteiger partial charge in [-0.1, -0.05) is 100 Å². The van der Waals surface area contributed by atoms with E-state index in [1.807, 2.05) is 60.7 Å². The molecule has 0 aliphatic carbocycles. The molecule has 0 saturated carbocycles. The molecule has 3 aromatic carbocycles. The second-order valence-electron chi connectivity index (χ2n) is 13.8. The molecular weight excluding hydrogens is 684 g/mol. The summed E-state index contributed by atoms with van der Waals surface area (Å²) < 4.78 is 43.4. The van der Waals surface area contributed by atoms with Gasteiger partial charge in [0.25, 0.3) is 5.91 Å². The van der Waals surface area contributed by atoms with E-state index < -0.39 is 47.6 Å². The lowest BCUT2D eigenvalue weighted by atomic mass is 9.95. The fourth-order valence-electron chi connectivity index (χ4n) is 5.84. The van der Waals surface area contributed by atoms with Crippen LogP contribution in [0.5, 0.6) is 5.75 Å². The summed E-state index contributed by atoms with van der Waals surface area (Å²) in [4.78, 5) is 55.5. The first kappa shape index (κ1) is 40.5. The van der Waals surface area contributed by atoms with E-state index in [0.29, 0.717) is 17.9 Å². The molecule has 3 unspecified atom stereocenters. The van der Waals surface area contributed by atoms with Crippen molar-refractivity contribution in [2.45, 2.75) is 71.4 Å². The average Bonchev–Trinajstić information content (AvgIpc) is 3.57. The molecule has 3 aromatic rings. The summed E-state index contributed by atoms with van der Waals surface area (Å²) in [6.07, 6.45) is 2.88. The third-order valence-electron chi connectivity index (χ3n) is 8.80. The van der Waals surface area contributed by atoms with Gasteiger partial charge in [0.15, 0.2) is 0 Å². The van der Waals surface area contributed by atoms with Gasteiger partial charge >= 0.3 is 5.92 Å². The molecule has 0 saturated heterocycles. The van der Waals surface area contributed by atoms with Crippen molar-refractivity contribution in [3.05, 3.63) is 114 Å². The zero-order valence-electron chi connectivity index (χ0n) is 30.5. The molecule has 0 aromatic heterocycles. The van der Waals surface area contributed by atoms with Crippen LogP contribution in [-0.2, 0) is 43.5 Å². The lowest BCUT2D eigenvalue weighted by molar-refractivity contribution is -0.161. The summed E-state index contributed by atoms with van der Waals surface area (Å²) in [5.41, 5.74) is 7.62. The van der Waals surface area contributed by atoms with Crippen molar-refractivity contribution in [3.8, 4) is 5.75 Å². The van der Waals surface area contributed by atoms with E-state index in [1.165, 1.54) is 0 Å². The second-order valence-corrected chi connectivity index (χ2v) is 13.8. The Bertz CT molecular complexity index is 1690. The Morgan fingerprint density at radius 3 is 1.96 bits per heavy atom. The molecular formula is C40H49F2N5O6. The van der Waals surface area contributed by atoms with Gasteiger partial charge in [-0.3, -0.25) is 19.2 Å². The van der Waals surface area contributed by atoms with Crippen LogP contribution in [0.3, 0.4) is 0 Å². The van der Waals surface area contributed by atoms with Crippen LogP contribution in [0.25, 0.3) is 0 Å². The fraction of sp³-hybridized carbons (Fsp3) is 0.400. The predicted octanol–water partition coefficient (Wildman–Crippen LogP) is 4.41. The van der Waals surface area contributed by atoms with Crippen LogP contribution in [0, 0.1) is 11.8 Å².